The summed E-state index contributed by atoms with van der Waals surface area (Å²) in [6.07, 6.45) is 3.25. The highest BCUT2D eigenvalue weighted by molar-refractivity contribution is 5.19. The first-order valence-corrected chi connectivity index (χ1v) is 4.37. The zero-order valence-electron chi connectivity index (χ0n) is 8.19. The largest absolute Gasteiger partial charge is 0.431 e. The molecular weight excluding hydrogens is 180 g/mol. The highest BCUT2D eigenvalue weighted by Crippen LogP contribution is 2.12. The van der Waals surface area contributed by atoms with Crippen LogP contribution in [0.25, 0.3) is 6.01 Å². The molecule has 0 aliphatic heterocycles. The highest BCUT2D eigenvalue weighted by Gasteiger charge is 2.09. The van der Waals surface area contributed by atoms with Crippen LogP contribution in [0.3, 0.4) is 0 Å². The number of nitrogens with zero attached hydrogens (tertiary/aromatic N) is 3. The number of aromatic nitrogens is 3. The Morgan fingerprint density at radius 1 is 1.50 bits per heavy atom. The molecule has 2 aromatic heterocycles. The van der Waals surface area contributed by atoms with Crippen molar-refractivity contribution in [2.24, 2.45) is 5.73 Å². The first-order chi connectivity index (χ1) is 6.72. The quantitative estimate of drug-likeness (QED) is 0.768. The minimum absolute atomic E-state index is 0.385. The van der Waals surface area contributed by atoms with Crippen LogP contribution < -0.4 is 5.73 Å². The van der Waals surface area contributed by atoms with Gasteiger partial charge < -0.3 is 10.2 Å². The van der Waals surface area contributed by atoms with Crippen molar-refractivity contribution in [2.75, 3.05) is 0 Å². The fourth-order valence-electron chi connectivity index (χ4n) is 1.19. The van der Waals surface area contributed by atoms with Crippen LogP contribution in [0, 0.1) is 13.8 Å². The van der Waals surface area contributed by atoms with Gasteiger partial charge in [-0.05, 0) is 13.8 Å². The van der Waals surface area contributed by atoms with Gasteiger partial charge in [0.2, 0.25) is 0 Å². The van der Waals surface area contributed by atoms with E-state index in [0.717, 1.165) is 17.1 Å². The van der Waals surface area contributed by atoms with Gasteiger partial charge in [-0.3, -0.25) is 4.57 Å². The van der Waals surface area contributed by atoms with Gasteiger partial charge in [0.15, 0.2) is 0 Å². The van der Waals surface area contributed by atoms with Crippen molar-refractivity contribution in [1.29, 1.82) is 0 Å². The standard InChI is InChI=1S/C9H12N4O/c1-6-7(2)13(5-11-6)9-12-8(3-10)4-14-9/h4-5H,3,10H2,1-2H3. The van der Waals surface area contributed by atoms with Gasteiger partial charge in [0.05, 0.1) is 11.4 Å². The lowest BCUT2D eigenvalue weighted by atomic mass is 10.4. The molecule has 14 heavy (non-hydrogen) atoms. The first-order valence-electron chi connectivity index (χ1n) is 4.37. The summed E-state index contributed by atoms with van der Waals surface area (Å²) in [6, 6.07) is 0.517. The van der Waals surface area contributed by atoms with E-state index in [9.17, 15) is 0 Å². The fraction of sp³-hybridized carbons (Fsp3) is 0.333. The summed E-state index contributed by atoms with van der Waals surface area (Å²) >= 11 is 0. The molecule has 0 spiro atoms. The molecule has 0 unspecified atom stereocenters. The van der Waals surface area contributed by atoms with Crippen LogP contribution in [-0.2, 0) is 6.54 Å². The lowest BCUT2D eigenvalue weighted by Gasteiger charge is -1.97. The number of oxazole rings is 1. The minimum Gasteiger partial charge on any atom is -0.431 e. The van der Waals surface area contributed by atoms with Crippen molar-refractivity contribution in [2.45, 2.75) is 20.4 Å². The van der Waals surface area contributed by atoms with Crippen LogP contribution >= 0.6 is 0 Å². The highest BCUT2D eigenvalue weighted by atomic mass is 16.4. The molecule has 0 bridgehead atoms. The maximum Gasteiger partial charge on any atom is 0.307 e. The number of aryl methyl sites for hydroxylation is 1. The van der Waals surface area contributed by atoms with Gasteiger partial charge in [-0.15, -0.1) is 0 Å². The van der Waals surface area contributed by atoms with Gasteiger partial charge in [-0.2, -0.15) is 4.98 Å². The molecule has 2 heterocycles. The van der Waals surface area contributed by atoms with E-state index in [0.29, 0.717) is 12.6 Å². The minimum atomic E-state index is 0.385. The van der Waals surface area contributed by atoms with Gasteiger partial charge in [0, 0.05) is 12.2 Å². The van der Waals surface area contributed by atoms with E-state index in [1.807, 2.05) is 13.8 Å². The second kappa shape index (κ2) is 3.26. The summed E-state index contributed by atoms with van der Waals surface area (Å²) in [7, 11) is 0. The van der Waals surface area contributed by atoms with Crippen molar-refractivity contribution >= 4 is 0 Å². The fourth-order valence-corrected chi connectivity index (χ4v) is 1.19. The molecule has 0 saturated carbocycles. The second-order valence-corrected chi connectivity index (χ2v) is 3.11. The van der Waals surface area contributed by atoms with E-state index in [4.69, 9.17) is 10.2 Å². The molecule has 0 aliphatic rings. The molecule has 5 heteroatoms. The summed E-state index contributed by atoms with van der Waals surface area (Å²) in [4.78, 5) is 8.36. The Hall–Kier alpha value is -1.62. The third kappa shape index (κ3) is 1.31. The number of nitrogens with two attached hydrogens (primary N) is 1. The third-order valence-corrected chi connectivity index (χ3v) is 2.21. The van der Waals surface area contributed by atoms with Crippen LogP contribution in [0.4, 0.5) is 0 Å². The Morgan fingerprint density at radius 3 is 2.79 bits per heavy atom. The number of hydrogen-bond donors (Lipinski definition) is 1. The van der Waals surface area contributed by atoms with Gasteiger partial charge in [0.1, 0.15) is 12.6 Å². The van der Waals surface area contributed by atoms with E-state index in [-0.39, 0.29) is 0 Å². The monoisotopic (exact) mass is 192 g/mol. The SMILES string of the molecule is Cc1ncn(-c2nc(CN)co2)c1C. The van der Waals surface area contributed by atoms with Crippen LogP contribution in [-0.4, -0.2) is 14.5 Å². The zero-order valence-corrected chi connectivity index (χ0v) is 8.19. The lowest BCUT2D eigenvalue weighted by Crippen LogP contribution is -1.99. The van der Waals surface area contributed by atoms with E-state index in [1.54, 1.807) is 17.2 Å². The van der Waals surface area contributed by atoms with Crippen molar-refractivity contribution in [1.82, 2.24) is 14.5 Å². The molecule has 2 rings (SSSR count). The summed E-state index contributed by atoms with van der Waals surface area (Å²) in [5.74, 6) is 0. The Bertz CT molecular complexity index is 443. The van der Waals surface area contributed by atoms with Crippen molar-refractivity contribution in [3.05, 3.63) is 29.7 Å². The molecular formula is C9H12N4O. The third-order valence-electron chi connectivity index (χ3n) is 2.21. The number of imidazole rings is 1. The normalized spacial score (nSPS) is 10.8. The summed E-state index contributed by atoms with van der Waals surface area (Å²) in [5, 5.41) is 0. The Morgan fingerprint density at radius 2 is 2.29 bits per heavy atom. The predicted octanol–water partition coefficient (Wildman–Crippen LogP) is 0.936. The van der Waals surface area contributed by atoms with Crippen molar-refractivity contribution in [3.8, 4) is 6.01 Å². The molecule has 5 nitrogen and oxygen atoms in total. The zero-order chi connectivity index (χ0) is 10.1. The molecule has 2 N–H and O–H groups in total. The summed E-state index contributed by atoms with van der Waals surface area (Å²) < 4.78 is 7.07. The van der Waals surface area contributed by atoms with Gasteiger partial charge >= 0.3 is 6.01 Å². The van der Waals surface area contributed by atoms with E-state index >= 15 is 0 Å². The van der Waals surface area contributed by atoms with Gasteiger partial charge in [-0.25, -0.2) is 4.98 Å². The Labute approximate surface area is 81.6 Å². The van der Waals surface area contributed by atoms with Crippen LogP contribution in [0.15, 0.2) is 17.0 Å². The van der Waals surface area contributed by atoms with Gasteiger partial charge in [0.25, 0.3) is 0 Å². The predicted molar refractivity (Wildman–Crippen MR) is 51.0 cm³/mol. The van der Waals surface area contributed by atoms with E-state index in [1.165, 1.54) is 0 Å². The molecule has 0 aliphatic carbocycles. The van der Waals surface area contributed by atoms with E-state index < -0.39 is 0 Å². The van der Waals surface area contributed by atoms with Crippen molar-refractivity contribution < 1.29 is 4.42 Å². The summed E-state index contributed by atoms with van der Waals surface area (Å²) in [6.45, 7) is 4.30. The van der Waals surface area contributed by atoms with Gasteiger partial charge in [-0.1, -0.05) is 0 Å². The molecule has 0 saturated heterocycles. The lowest BCUT2D eigenvalue weighted by molar-refractivity contribution is 0.523. The smallest absolute Gasteiger partial charge is 0.307 e. The van der Waals surface area contributed by atoms with Crippen LogP contribution in [0.5, 0.6) is 0 Å². The maximum absolute atomic E-state index is 5.44. The maximum atomic E-state index is 5.44. The molecule has 0 fully saturated rings. The molecule has 0 radical (unpaired) electrons. The Balaban J connectivity index is 2.44. The average molecular weight is 192 g/mol. The average Bonchev–Trinajstić information content (AvgIpc) is 2.75. The van der Waals surface area contributed by atoms with E-state index in [2.05, 4.69) is 9.97 Å². The molecule has 0 amide bonds. The second-order valence-electron chi connectivity index (χ2n) is 3.11. The Kier molecular flexibility index (Phi) is 2.09. The molecule has 74 valence electrons. The number of hydrogen-bond acceptors (Lipinski definition) is 4. The molecule has 0 aromatic carbocycles. The van der Waals surface area contributed by atoms with Crippen LogP contribution in [0.2, 0.25) is 0 Å². The summed E-state index contributed by atoms with van der Waals surface area (Å²) in [5.41, 5.74) is 8.17. The van der Waals surface area contributed by atoms with Crippen molar-refractivity contribution in [3.63, 3.8) is 0 Å². The molecule has 2 aromatic rings. The van der Waals surface area contributed by atoms with Crippen LogP contribution in [0.1, 0.15) is 17.1 Å². The topological polar surface area (TPSA) is 69.9 Å². The number of rotatable bonds is 2. The first kappa shape index (κ1) is 8.96. The molecule has 0 atom stereocenters.